The second-order valence-electron chi connectivity index (χ2n) is 17.7. The maximum absolute atomic E-state index is 4.14. The number of nitrogens with one attached hydrogen (secondary N) is 1. The summed E-state index contributed by atoms with van der Waals surface area (Å²) in [4.78, 5) is 0. The highest BCUT2D eigenvalue weighted by Gasteiger charge is 2.26. The third-order valence-corrected chi connectivity index (χ3v) is 12.6. The molecule has 57 heavy (non-hydrogen) atoms. The molecule has 0 atom stereocenters. The van der Waals surface area contributed by atoms with Gasteiger partial charge in [0.15, 0.2) is 0 Å². The molecule has 0 unspecified atom stereocenters. The quantitative estimate of drug-likeness (QED) is 0.185. The van der Waals surface area contributed by atoms with E-state index < -0.39 is 0 Å². The van der Waals surface area contributed by atoms with Crippen molar-refractivity contribution in [2.24, 2.45) is 0 Å². The smallest absolute Gasteiger partial charge is 0.0414 e. The van der Waals surface area contributed by atoms with Gasteiger partial charge in [0, 0.05) is 25.1 Å². The molecular formula is C56H57N. The number of rotatable bonds is 5. The van der Waals surface area contributed by atoms with Crippen LogP contribution >= 0.6 is 0 Å². The first-order valence-corrected chi connectivity index (χ1v) is 20.7. The Bertz CT molecular complexity index is 2550. The van der Waals surface area contributed by atoms with Crippen LogP contribution in [0.2, 0.25) is 0 Å². The summed E-state index contributed by atoms with van der Waals surface area (Å²) in [6, 6.07) is 46.1. The Morgan fingerprint density at radius 1 is 0.456 bits per heavy atom. The molecule has 7 aromatic rings. The van der Waals surface area contributed by atoms with Crippen LogP contribution in [-0.2, 0) is 24.8 Å². The zero-order valence-corrected chi connectivity index (χ0v) is 35.7. The molecule has 1 aliphatic heterocycles. The molecular weight excluding hydrogens is 687 g/mol. The van der Waals surface area contributed by atoms with E-state index in [2.05, 4.69) is 196 Å². The summed E-state index contributed by atoms with van der Waals surface area (Å²) < 4.78 is 0. The molecule has 0 saturated heterocycles. The van der Waals surface area contributed by atoms with Crippen molar-refractivity contribution in [3.63, 3.8) is 0 Å². The molecule has 0 fully saturated rings. The van der Waals surface area contributed by atoms with Crippen molar-refractivity contribution in [3.05, 3.63) is 194 Å². The molecule has 0 saturated carbocycles. The monoisotopic (exact) mass is 743 g/mol. The van der Waals surface area contributed by atoms with E-state index in [9.17, 15) is 0 Å². The molecule has 7 aromatic carbocycles. The molecule has 1 aliphatic rings. The highest BCUT2D eigenvalue weighted by molar-refractivity contribution is 5.87. The second-order valence-corrected chi connectivity index (χ2v) is 17.7. The number of hydrogen-bond donors (Lipinski definition) is 1. The predicted octanol–water partition coefficient (Wildman–Crippen LogP) is 14.9. The van der Waals surface area contributed by atoms with Crippen molar-refractivity contribution in [2.45, 2.75) is 94.0 Å². The summed E-state index contributed by atoms with van der Waals surface area (Å²) in [6.07, 6.45) is 1.63. The number of aryl methyl sites for hydroxylation is 7. The van der Waals surface area contributed by atoms with Crippen molar-refractivity contribution in [2.75, 3.05) is 5.32 Å². The van der Waals surface area contributed by atoms with Gasteiger partial charge in [-0.2, -0.15) is 0 Å². The van der Waals surface area contributed by atoms with Gasteiger partial charge in [-0.1, -0.05) is 142 Å². The van der Waals surface area contributed by atoms with Crippen LogP contribution in [0.1, 0.15) is 93.1 Å². The normalized spacial score (nSPS) is 12.5. The molecule has 1 N–H and O–H groups in total. The van der Waals surface area contributed by atoms with Crippen molar-refractivity contribution in [1.82, 2.24) is 0 Å². The molecule has 8 rings (SSSR count). The van der Waals surface area contributed by atoms with Gasteiger partial charge in [-0.05, 0) is 171 Å². The number of benzene rings is 7. The molecule has 0 aromatic heterocycles. The topological polar surface area (TPSA) is 12.0 Å². The highest BCUT2D eigenvalue weighted by atomic mass is 14.9. The minimum atomic E-state index is -0.0434. The van der Waals surface area contributed by atoms with Crippen LogP contribution in [0.5, 0.6) is 0 Å². The molecule has 0 bridgehead atoms. The molecule has 1 nitrogen and oxygen atoms in total. The molecule has 0 radical (unpaired) electrons. The minimum absolute atomic E-state index is 0.0434. The minimum Gasteiger partial charge on any atom is -0.380 e. The lowest BCUT2D eigenvalue weighted by atomic mass is 9.79. The highest BCUT2D eigenvalue weighted by Crippen LogP contribution is 2.45. The molecule has 1 heteroatoms. The van der Waals surface area contributed by atoms with Crippen LogP contribution < -0.4 is 5.32 Å². The Hall–Kier alpha value is -5.66. The van der Waals surface area contributed by atoms with E-state index in [1.807, 2.05) is 0 Å². The summed E-state index contributed by atoms with van der Waals surface area (Å²) in [7, 11) is 0. The standard InChI is InChI=1S/C56H57N/c1-34-17-11-18-35(2)51(34)45-25-15-26-46(52-36(3)19-12-20-37(52)4)49(45)31-42-29-44(56(8,9)10)30-43-32-50-47(53-38(5)21-13-22-39(53)6)27-16-28-48(50)54-40(7)23-14-24-41(54)33-57-55(42)43/h11-30,57H,31-33H2,1-10H3. The van der Waals surface area contributed by atoms with E-state index in [4.69, 9.17) is 0 Å². The van der Waals surface area contributed by atoms with Crippen molar-refractivity contribution >= 4 is 5.69 Å². The first-order chi connectivity index (χ1) is 27.3. The van der Waals surface area contributed by atoms with E-state index in [1.54, 1.807) is 0 Å². The van der Waals surface area contributed by atoms with Crippen LogP contribution in [0.3, 0.4) is 0 Å². The van der Waals surface area contributed by atoms with Gasteiger partial charge in [-0.3, -0.25) is 0 Å². The summed E-state index contributed by atoms with van der Waals surface area (Å²) >= 11 is 0. The summed E-state index contributed by atoms with van der Waals surface area (Å²) in [6.45, 7) is 23.7. The van der Waals surface area contributed by atoms with E-state index in [0.717, 1.165) is 19.4 Å². The first-order valence-electron chi connectivity index (χ1n) is 20.7. The Kier molecular flexibility index (Phi) is 10.1. The van der Waals surface area contributed by atoms with E-state index in [1.165, 1.54) is 123 Å². The fourth-order valence-electron chi connectivity index (χ4n) is 9.74. The van der Waals surface area contributed by atoms with Crippen molar-refractivity contribution in [3.8, 4) is 44.5 Å². The van der Waals surface area contributed by atoms with Gasteiger partial charge in [0.2, 0.25) is 0 Å². The molecule has 286 valence electrons. The summed E-state index contributed by atoms with van der Waals surface area (Å²) in [5.41, 5.74) is 29.4. The maximum Gasteiger partial charge on any atom is 0.0414 e. The van der Waals surface area contributed by atoms with Crippen molar-refractivity contribution in [1.29, 1.82) is 0 Å². The van der Waals surface area contributed by atoms with Crippen LogP contribution in [0, 0.1) is 48.5 Å². The van der Waals surface area contributed by atoms with Crippen LogP contribution in [-0.4, -0.2) is 0 Å². The van der Waals surface area contributed by atoms with E-state index in [-0.39, 0.29) is 5.41 Å². The molecule has 0 amide bonds. The lowest BCUT2D eigenvalue weighted by Crippen LogP contribution is -2.15. The average Bonchev–Trinajstić information content (AvgIpc) is 3.22. The summed E-state index contributed by atoms with van der Waals surface area (Å²) in [5.74, 6) is 0. The van der Waals surface area contributed by atoms with Gasteiger partial charge in [0.25, 0.3) is 0 Å². The Morgan fingerprint density at radius 3 is 1.35 bits per heavy atom. The fourth-order valence-corrected chi connectivity index (χ4v) is 9.74. The van der Waals surface area contributed by atoms with E-state index in [0.29, 0.717) is 0 Å². The molecule has 0 aliphatic carbocycles. The van der Waals surface area contributed by atoms with Gasteiger partial charge < -0.3 is 5.32 Å². The Labute approximate surface area is 341 Å². The van der Waals surface area contributed by atoms with Gasteiger partial charge in [0.05, 0.1) is 0 Å². The van der Waals surface area contributed by atoms with Crippen LogP contribution in [0.15, 0.2) is 121 Å². The molecule has 0 spiro atoms. The largest absolute Gasteiger partial charge is 0.380 e. The molecule has 1 heterocycles. The zero-order chi connectivity index (χ0) is 40.2. The Morgan fingerprint density at radius 2 is 0.860 bits per heavy atom. The van der Waals surface area contributed by atoms with Gasteiger partial charge in [0.1, 0.15) is 0 Å². The lowest BCUT2D eigenvalue weighted by molar-refractivity contribution is 0.588. The van der Waals surface area contributed by atoms with Gasteiger partial charge >= 0.3 is 0 Å². The predicted molar refractivity (Wildman–Crippen MR) is 246 cm³/mol. The lowest BCUT2D eigenvalue weighted by Gasteiger charge is -2.27. The Balaban J connectivity index is 1.43. The number of hydrogen-bond acceptors (Lipinski definition) is 1. The van der Waals surface area contributed by atoms with Gasteiger partial charge in [-0.25, -0.2) is 0 Å². The van der Waals surface area contributed by atoms with E-state index >= 15 is 0 Å². The summed E-state index contributed by atoms with van der Waals surface area (Å²) in [5, 5.41) is 4.14. The van der Waals surface area contributed by atoms with Gasteiger partial charge in [-0.15, -0.1) is 0 Å². The third kappa shape index (κ3) is 7.03. The fraction of sp³-hybridized carbons (Fsp3) is 0.250. The maximum atomic E-state index is 4.14. The third-order valence-electron chi connectivity index (χ3n) is 12.6. The SMILES string of the molecule is Cc1cccc(C)c1-c1cccc(-c2c(C)cccc2C)c1Cc1cc(C(C)(C)C)cc2c1NCc1cccc(C)c1-c1cccc(-c3c(C)cccc3C)c1C2. The average molecular weight is 744 g/mol. The van der Waals surface area contributed by atoms with Crippen LogP contribution in [0.4, 0.5) is 5.69 Å². The number of anilines is 1. The zero-order valence-electron chi connectivity index (χ0n) is 35.7. The van der Waals surface area contributed by atoms with Crippen molar-refractivity contribution < 1.29 is 0 Å². The second kappa shape index (κ2) is 15.0. The number of fused-ring (bicyclic) bond motifs is 4. The van der Waals surface area contributed by atoms with Crippen LogP contribution in [0.25, 0.3) is 44.5 Å². The first kappa shape index (κ1) is 38.2.